The molecule has 1 N–H and O–H groups in total. The molecule has 3 nitrogen and oxygen atoms in total. The smallest absolute Gasteiger partial charge is 0.127 e. The number of aliphatic hydroxyl groups is 1. The largest absolute Gasteiger partial charge is 0.466 e. The van der Waals surface area contributed by atoms with Crippen molar-refractivity contribution in [3.63, 3.8) is 0 Å². The topological polar surface area (TPSA) is 50.4 Å². The number of hydrogen-bond acceptors (Lipinski definition) is 3. The van der Waals surface area contributed by atoms with E-state index in [4.69, 9.17) is 9.52 Å². The van der Waals surface area contributed by atoms with Crippen molar-refractivity contribution >= 4 is 6.29 Å². The molecule has 0 radical (unpaired) electrons. The molecule has 0 saturated heterocycles. The van der Waals surface area contributed by atoms with E-state index in [9.17, 15) is 4.79 Å². The van der Waals surface area contributed by atoms with Crippen molar-refractivity contribution in [2.45, 2.75) is 25.7 Å². The first-order valence-corrected chi connectivity index (χ1v) is 4.49. The number of carbonyl (C=O) groups excluding carboxylic acids is 1. The fourth-order valence-electron chi connectivity index (χ4n) is 1.16. The first-order chi connectivity index (χ1) is 6.36. The zero-order chi connectivity index (χ0) is 9.52. The summed E-state index contributed by atoms with van der Waals surface area (Å²) in [5.74, 6) is 1.61. The Hall–Kier alpha value is -1.09. The molecule has 72 valence electrons. The highest BCUT2D eigenvalue weighted by atomic mass is 16.3. The van der Waals surface area contributed by atoms with Crippen LogP contribution in [0.3, 0.4) is 0 Å². The SMILES string of the molecule is O=CCc1ccc(CCCCO)o1. The average Bonchev–Trinajstić information content (AvgIpc) is 2.54. The van der Waals surface area contributed by atoms with E-state index in [-0.39, 0.29) is 6.61 Å². The summed E-state index contributed by atoms with van der Waals surface area (Å²) in [5.41, 5.74) is 0. The van der Waals surface area contributed by atoms with Gasteiger partial charge in [0.1, 0.15) is 17.8 Å². The minimum Gasteiger partial charge on any atom is -0.466 e. The number of aliphatic hydroxyl groups excluding tert-OH is 1. The highest BCUT2D eigenvalue weighted by Gasteiger charge is 2.00. The molecule has 0 saturated carbocycles. The van der Waals surface area contributed by atoms with E-state index in [1.165, 1.54) is 0 Å². The fourth-order valence-corrected chi connectivity index (χ4v) is 1.16. The van der Waals surface area contributed by atoms with Crippen LogP contribution in [0, 0.1) is 0 Å². The molecular formula is C10H14O3. The van der Waals surface area contributed by atoms with Crippen LogP contribution < -0.4 is 0 Å². The molecular weight excluding hydrogens is 168 g/mol. The molecule has 0 aliphatic rings. The number of aldehydes is 1. The summed E-state index contributed by atoms with van der Waals surface area (Å²) in [4.78, 5) is 10.2. The maximum atomic E-state index is 10.2. The van der Waals surface area contributed by atoms with E-state index >= 15 is 0 Å². The third-order valence-corrected chi connectivity index (χ3v) is 1.83. The normalized spacial score (nSPS) is 10.2. The molecule has 0 unspecified atom stereocenters. The van der Waals surface area contributed by atoms with Gasteiger partial charge < -0.3 is 14.3 Å². The van der Waals surface area contributed by atoms with Gasteiger partial charge >= 0.3 is 0 Å². The quantitative estimate of drug-likeness (QED) is 0.533. The van der Waals surface area contributed by atoms with Crippen LogP contribution in [-0.4, -0.2) is 18.0 Å². The lowest BCUT2D eigenvalue weighted by Gasteiger charge is -1.94. The third kappa shape index (κ3) is 3.42. The molecule has 13 heavy (non-hydrogen) atoms. The van der Waals surface area contributed by atoms with E-state index in [2.05, 4.69) is 0 Å². The van der Waals surface area contributed by atoms with Crippen molar-refractivity contribution in [1.29, 1.82) is 0 Å². The molecule has 0 aliphatic carbocycles. The first-order valence-electron chi connectivity index (χ1n) is 4.49. The second kappa shape index (κ2) is 5.54. The predicted molar refractivity (Wildman–Crippen MR) is 48.5 cm³/mol. The van der Waals surface area contributed by atoms with E-state index in [0.29, 0.717) is 12.2 Å². The van der Waals surface area contributed by atoms with Gasteiger partial charge in [-0.3, -0.25) is 0 Å². The molecule has 1 aromatic heterocycles. The van der Waals surface area contributed by atoms with Gasteiger partial charge in [0.2, 0.25) is 0 Å². The van der Waals surface area contributed by atoms with Crippen LogP contribution in [0.4, 0.5) is 0 Å². The van der Waals surface area contributed by atoms with Gasteiger partial charge in [-0.2, -0.15) is 0 Å². The Morgan fingerprint density at radius 1 is 1.31 bits per heavy atom. The van der Waals surface area contributed by atoms with Crippen molar-refractivity contribution in [2.75, 3.05) is 6.61 Å². The van der Waals surface area contributed by atoms with E-state index in [1.54, 1.807) is 0 Å². The summed E-state index contributed by atoms with van der Waals surface area (Å²) < 4.78 is 5.36. The Kier molecular flexibility index (Phi) is 4.26. The van der Waals surface area contributed by atoms with Crippen LogP contribution >= 0.6 is 0 Å². The lowest BCUT2D eigenvalue weighted by Crippen LogP contribution is -1.86. The summed E-state index contributed by atoms with van der Waals surface area (Å²) in [5, 5.41) is 8.56. The molecule has 0 spiro atoms. The lowest BCUT2D eigenvalue weighted by atomic mass is 10.2. The standard InChI is InChI=1S/C10H14O3/c11-7-2-1-3-9-4-5-10(13-9)6-8-12/h4-5,8,11H,1-3,6-7H2. The van der Waals surface area contributed by atoms with Gasteiger partial charge in [-0.25, -0.2) is 0 Å². The number of aryl methyl sites for hydroxylation is 1. The van der Waals surface area contributed by atoms with Crippen LogP contribution in [0.15, 0.2) is 16.5 Å². The number of rotatable bonds is 6. The van der Waals surface area contributed by atoms with E-state index in [1.807, 2.05) is 12.1 Å². The molecule has 0 fully saturated rings. The van der Waals surface area contributed by atoms with E-state index in [0.717, 1.165) is 31.3 Å². The van der Waals surface area contributed by atoms with Gasteiger partial charge in [0.25, 0.3) is 0 Å². The Balaban J connectivity index is 2.35. The average molecular weight is 182 g/mol. The summed E-state index contributed by atoms with van der Waals surface area (Å²) >= 11 is 0. The summed E-state index contributed by atoms with van der Waals surface area (Å²) in [7, 11) is 0. The van der Waals surface area contributed by atoms with Crippen molar-refractivity contribution in [3.8, 4) is 0 Å². The molecule has 1 heterocycles. The maximum absolute atomic E-state index is 10.2. The monoisotopic (exact) mass is 182 g/mol. The third-order valence-electron chi connectivity index (χ3n) is 1.83. The van der Waals surface area contributed by atoms with Crippen molar-refractivity contribution in [2.24, 2.45) is 0 Å². The van der Waals surface area contributed by atoms with Crippen LogP contribution in [0.25, 0.3) is 0 Å². The molecule has 1 aromatic rings. The van der Waals surface area contributed by atoms with Crippen molar-refractivity contribution in [1.82, 2.24) is 0 Å². The summed E-state index contributed by atoms with van der Waals surface area (Å²) in [6.07, 6.45) is 3.73. The molecule has 0 aromatic carbocycles. The first kappa shape index (κ1) is 9.99. The predicted octanol–water partition coefficient (Wildman–Crippen LogP) is 1.34. The molecule has 3 heteroatoms. The minimum absolute atomic E-state index is 0.224. The van der Waals surface area contributed by atoms with E-state index < -0.39 is 0 Å². The number of carbonyl (C=O) groups is 1. The Morgan fingerprint density at radius 3 is 2.77 bits per heavy atom. The minimum atomic E-state index is 0.224. The second-order valence-corrected chi connectivity index (χ2v) is 2.92. The number of unbranched alkanes of at least 4 members (excludes halogenated alkanes) is 1. The van der Waals surface area contributed by atoms with Gasteiger partial charge in [-0.05, 0) is 25.0 Å². The summed E-state index contributed by atoms with van der Waals surface area (Å²) in [6.45, 7) is 0.224. The summed E-state index contributed by atoms with van der Waals surface area (Å²) in [6, 6.07) is 3.71. The highest BCUT2D eigenvalue weighted by molar-refractivity contribution is 5.53. The van der Waals surface area contributed by atoms with Gasteiger partial charge in [0.15, 0.2) is 0 Å². The van der Waals surface area contributed by atoms with Crippen LogP contribution in [0.2, 0.25) is 0 Å². The second-order valence-electron chi connectivity index (χ2n) is 2.92. The highest BCUT2D eigenvalue weighted by Crippen LogP contribution is 2.10. The van der Waals surface area contributed by atoms with Crippen molar-refractivity contribution in [3.05, 3.63) is 23.7 Å². The lowest BCUT2D eigenvalue weighted by molar-refractivity contribution is -0.107. The molecule has 0 amide bonds. The zero-order valence-electron chi connectivity index (χ0n) is 7.53. The van der Waals surface area contributed by atoms with Gasteiger partial charge in [-0.1, -0.05) is 0 Å². The molecule has 0 atom stereocenters. The van der Waals surface area contributed by atoms with Crippen LogP contribution in [0.1, 0.15) is 24.4 Å². The van der Waals surface area contributed by atoms with Gasteiger partial charge in [0.05, 0.1) is 6.42 Å². The van der Waals surface area contributed by atoms with Crippen LogP contribution in [0.5, 0.6) is 0 Å². The Bertz CT molecular complexity index is 252. The molecule has 0 bridgehead atoms. The number of furan rings is 1. The Labute approximate surface area is 77.4 Å². The molecule has 1 rings (SSSR count). The molecule has 0 aliphatic heterocycles. The number of hydrogen-bond donors (Lipinski definition) is 1. The Morgan fingerprint density at radius 2 is 2.08 bits per heavy atom. The zero-order valence-corrected chi connectivity index (χ0v) is 7.53. The van der Waals surface area contributed by atoms with Gasteiger partial charge in [0, 0.05) is 13.0 Å². The van der Waals surface area contributed by atoms with Gasteiger partial charge in [-0.15, -0.1) is 0 Å². The fraction of sp³-hybridized carbons (Fsp3) is 0.500. The van der Waals surface area contributed by atoms with Crippen molar-refractivity contribution < 1.29 is 14.3 Å². The van der Waals surface area contributed by atoms with Crippen LogP contribution in [-0.2, 0) is 17.6 Å². The maximum Gasteiger partial charge on any atom is 0.127 e.